The smallest absolute Gasteiger partial charge is 0.319 e. The molecule has 1 aliphatic heterocycles. The fraction of sp³-hybridized carbons (Fsp3) is 0.600. The van der Waals surface area contributed by atoms with Crippen molar-refractivity contribution in [3.05, 3.63) is 41.1 Å². The third-order valence-corrected chi connectivity index (χ3v) is 7.14. The van der Waals surface area contributed by atoms with E-state index in [0.717, 1.165) is 31.8 Å². The molecule has 1 saturated heterocycles. The van der Waals surface area contributed by atoms with Crippen LogP contribution in [0.5, 0.6) is 17.6 Å². The summed E-state index contributed by atoms with van der Waals surface area (Å²) in [6, 6.07) is 6.72. The quantitative estimate of drug-likeness (QED) is 0.735. The molecule has 0 unspecified atom stereocenters. The maximum absolute atomic E-state index is 11.8. The zero-order chi connectivity index (χ0) is 23.1. The predicted molar refractivity (Wildman–Crippen MR) is 122 cm³/mol. The van der Waals surface area contributed by atoms with Gasteiger partial charge in [-0.15, -0.1) is 0 Å². The Hall–Kier alpha value is -2.38. The molecule has 7 heteroatoms. The van der Waals surface area contributed by atoms with E-state index < -0.39 is 5.60 Å². The maximum atomic E-state index is 11.8. The van der Waals surface area contributed by atoms with Crippen LogP contribution >= 0.6 is 0 Å². The summed E-state index contributed by atoms with van der Waals surface area (Å²) < 4.78 is 16.3. The molecule has 1 aromatic heterocycles. The minimum absolute atomic E-state index is 0.0771. The first-order chi connectivity index (χ1) is 15.2. The van der Waals surface area contributed by atoms with Gasteiger partial charge in [0.1, 0.15) is 11.4 Å². The highest BCUT2D eigenvalue weighted by atomic mass is 16.5. The molecule has 174 valence electrons. The monoisotopic (exact) mass is 441 g/mol. The average Bonchev–Trinajstić information content (AvgIpc) is 3.32. The molecule has 2 aromatic rings. The van der Waals surface area contributed by atoms with Crippen molar-refractivity contribution in [1.29, 1.82) is 0 Å². The summed E-state index contributed by atoms with van der Waals surface area (Å²) in [5.41, 5.74) is 2.21. The van der Waals surface area contributed by atoms with Crippen LogP contribution in [0, 0.1) is 11.8 Å². The lowest BCUT2D eigenvalue weighted by molar-refractivity contribution is -0.00973. The first-order valence-electron chi connectivity index (χ1n) is 11.3. The zero-order valence-electron chi connectivity index (χ0n) is 20.0. The minimum atomic E-state index is -1.01. The van der Waals surface area contributed by atoms with E-state index in [2.05, 4.69) is 53.8 Å². The van der Waals surface area contributed by atoms with E-state index in [9.17, 15) is 5.11 Å². The molecular formula is C25H35N3O4. The Morgan fingerprint density at radius 2 is 1.91 bits per heavy atom. The van der Waals surface area contributed by atoms with Gasteiger partial charge in [0.15, 0.2) is 0 Å². The van der Waals surface area contributed by atoms with E-state index in [1.54, 1.807) is 20.4 Å². The molecule has 2 fully saturated rings. The van der Waals surface area contributed by atoms with Crippen molar-refractivity contribution >= 4 is 0 Å². The number of rotatable bonds is 6. The van der Waals surface area contributed by atoms with Crippen LogP contribution in [0.1, 0.15) is 50.3 Å². The van der Waals surface area contributed by atoms with Gasteiger partial charge in [0.2, 0.25) is 5.88 Å². The summed E-state index contributed by atoms with van der Waals surface area (Å²) in [5, 5.41) is 11.8. The van der Waals surface area contributed by atoms with Crippen LogP contribution in [-0.4, -0.2) is 54.4 Å². The summed E-state index contributed by atoms with van der Waals surface area (Å²) >= 11 is 0. The van der Waals surface area contributed by atoms with Crippen LogP contribution in [0.15, 0.2) is 24.4 Å². The summed E-state index contributed by atoms with van der Waals surface area (Å²) in [6.45, 7) is 9.23. The lowest BCUT2D eigenvalue weighted by Crippen LogP contribution is -2.35. The molecule has 1 aliphatic carbocycles. The van der Waals surface area contributed by atoms with Crippen molar-refractivity contribution < 1.29 is 19.3 Å². The van der Waals surface area contributed by atoms with Crippen molar-refractivity contribution in [3.63, 3.8) is 0 Å². The number of fused-ring (bicyclic) bond motifs is 1. The van der Waals surface area contributed by atoms with Gasteiger partial charge in [-0.25, -0.2) is 4.98 Å². The molecule has 1 aromatic carbocycles. The van der Waals surface area contributed by atoms with Gasteiger partial charge in [0, 0.05) is 37.3 Å². The van der Waals surface area contributed by atoms with E-state index >= 15 is 0 Å². The largest absolute Gasteiger partial charge is 0.496 e. The first-order valence-corrected chi connectivity index (χ1v) is 11.3. The van der Waals surface area contributed by atoms with Crippen molar-refractivity contribution in [1.82, 2.24) is 14.9 Å². The fourth-order valence-corrected chi connectivity index (χ4v) is 5.36. The second kappa shape index (κ2) is 8.52. The van der Waals surface area contributed by atoms with Gasteiger partial charge in [-0.05, 0) is 35.8 Å². The van der Waals surface area contributed by atoms with Crippen molar-refractivity contribution in [2.45, 2.75) is 51.2 Å². The summed E-state index contributed by atoms with van der Waals surface area (Å²) in [6.07, 6.45) is 3.31. The molecule has 2 aliphatic rings. The van der Waals surface area contributed by atoms with Crippen LogP contribution in [0.25, 0.3) is 0 Å². The Labute approximate surface area is 190 Å². The van der Waals surface area contributed by atoms with Crippen LogP contribution < -0.4 is 14.2 Å². The Balaban J connectivity index is 1.57. The standard InChI is InChI=1S/C25H35N3O4/c1-24(2,3)18-7-8-21(30-4)17(11-18)14-28-13-16-9-10-25(29,20(16)15-28)19-12-26-23(32-6)27-22(19)31-5/h7-8,11-12,16,20,29H,9-10,13-15H2,1-6H3/t16-,20+,25+/m1/s1. The van der Waals surface area contributed by atoms with Crippen LogP contribution in [0.2, 0.25) is 0 Å². The number of aliphatic hydroxyl groups is 1. The van der Waals surface area contributed by atoms with E-state index in [0.29, 0.717) is 23.8 Å². The number of hydrogen-bond acceptors (Lipinski definition) is 7. The molecule has 2 heterocycles. The highest BCUT2D eigenvalue weighted by Crippen LogP contribution is 2.52. The Morgan fingerprint density at radius 1 is 1.12 bits per heavy atom. The van der Waals surface area contributed by atoms with Crippen molar-refractivity contribution in [3.8, 4) is 17.6 Å². The molecule has 4 rings (SSSR count). The van der Waals surface area contributed by atoms with Gasteiger partial charge in [-0.2, -0.15) is 4.98 Å². The number of methoxy groups -OCH3 is 3. The number of aromatic nitrogens is 2. The van der Waals surface area contributed by atoms with Gasteiger partial charge in [-0.3, -0.25) is 4.90 Å². The van der Waals surface area contributed by atoms with Gasteiger partial charge >= 0.3 is 6.01 Å². The highest BCUT2D eigenvalue weighted by molar-refractivity contribution is 5.40. The number of nitrogens with zero attached hydrogens (tertiary/aromatic N) is 3. The second-order valence-corrected chi connectivity index (χ2v) is 10.1. The molecule has 3 atom stereocenters. The zero-order valence-corrected chi connectivity index (χ0v) is 20.0. The number of hydrogen-bond donors (Lipinski definition) is 1. The minimum Gasteiger partial charge on any atom is -0.496 e. The lowest BCUT2D eigenvalue weighted by Gasteiger charge is -2.31. The van der Waals surface area contributed by atoms with Crippen molar-refractivity contribution in [2.75, 3.05) is 34.4 Å². The normalized spacial score (nSPS) is 25.6. The molecule has 1 N–H and O–H groups in total. The number of ether oxygens (including phenoxy) is 3. The Kier molecular flexibility index (Phi) is 6.07. The Morgan fingerprint density at radius 3 is 2.56 bits per heavy atom. The van der Waals surface area contributed by atoms with Gasteiger partial charge in [0.25, 0.3) is 0 Å². The summed E-state index contributed by atoms with van der Waals surface area (Å²) in [5.74, 6) is 1.82. The van der Waals surface area contributed by atoms with Gasteiger partial charge in [0.05, 0.1) is 26.9 Å². The summed E-state index contributed by atoms with van der Waals surface area (Å²) in [4.78, 5) is 11.0. The highest BCUT2D eigenvalue weighted by Gasteiger charge is 2.54. The molecule has 1 saturated carbocycles. The third kappa shape index (κ3) is 4.04. The van der Waals surface area contributed by atoms with E-state index in [4.69, 9.17) is 14.2 Å². The molecular weight excluding hydrogens is 406 g/mol. The summed E-state index contributed by atoms with van der Waals surface area (Å²) in [7, 11) is 4.81. The number of likely N-dealkylation sites (tertiary alicyclic amines) is 1. The molecule has 7 nitrogen and oxygen atoms in total. The Bertz CT molecular complexity index is 974. The lowest BCUT2D eigenvalue weighted by atomic mass is 9.83. The maximum Gasteiger partial charge on any atom is 0.319 e. The van der Waals surface area contributed by atoms with E-state index in [1.807, 2.05) is 0 Å². The predicted octanol–water partition coefficient (Wildman–Crippen LogP) is 3.53. The SMILES string of the molecule is COc1ncc([C@@]2(O)CC[C@@H]3CN(Cc4cc(C(C)(C)C)ccc4OC)C[C@@H]32)c(OC)n1. The molecule has 0 amide bonds. The van der Waals surface area contributed by atoms with E-state index in [1.165, 1.54) is 18.2 Å². The van der Waals surface area contributed by atoms with E-state index in [-0.39, 0.29) is 17.3 Å². The van der Waals surface area contributed by atoms with Crippen LogP contribution in [0.4, 0.5) is 0 Å². The van der Waals surface area contributed by atoms with Crippen molar-refractivity contribution in [2.24, 2.45) is 11.8 Å². The molecule has 0 spiro atoms. The topological polar surface area (TPSA) is 76.9 Å². The van der Waals surface area contributed by atoms with Crippen LogP contribution in [0.3, 0.4) is 0 Å². The van der Waals surface area contributed by atoms with Crippen LogP contribution in [-0.2, 0) is 17.6 Å². The van der Waals surface area contributed by atoms with Gasteiger partial charge in [-0.1, -0.05) is 32.9 Å². The molecule has 0 bridgehead atoms. The molecule has 32 heavy (non-hydrogen) atoms. The second-order valence-electron chi connectivity index (χ2n) is 10.1. The third-order valence-electron chi connectivity index (χ3n) is 7.14. The average molecular weight is 442 g/mol. The fourth-order valence-electron chi connectivity index (χ4n) is 5.36. The first kappa shape index (κ1) is 22.8. The van der Waals surface area contributed by atoms with Gasteiger partial charge < -0.3 is 19.3 Å². The number of benzene rings is 1. The molecule has 0 radical (unpaired) electrons.